The maximum Gasteiger partial charge on any atom is 0.272 e. The van der Waals surface area contributed by atoms with Crippen LogP contribution in [0.3, 0.4) is 0 Å². The second kappa shape index (κ2) is 10.8. The predicted octanol–water partition coefficient (Wildman–Crippen LogP) is 4.36. The fourth-order valence-corrected chi connectivity index (χ4v) is 3.54. The van der Waals surface area contributed by atoms with Crippen LogP contribution >= 0.6 is 0 Å². The van der Waals surface area contributed by atoms with Crippen molar-refractivity contribution in [1.29, 1.82) is 0 Å². The van der Waals surface area contributed by atoms with E-state index in [0.29, 0.717) is 18.3 Å². The fraction of sp³-hybridized carbons (Fsp3) is 0.435. The molecule has 2 aromatic rings. The van der Waals surface area contributed by atoms with Gasteiger partial charge in [-0.25, -0.2) is 8.78 Å². The molecule has 1 fully saturated rings. The number of nitrogens with zero attached hydrogens (tertiary/aromatic N) is 2. The molecular weight excluding hydrogens is 386 g/mol. The summed E-state index contributed by atoms with van der Waals surface area (Å²) in [5, 5.41) is 6.69. The SMILES string of the molecule is CN=C(NCc1cccc(OCC(F)F)c1)NC(C)c1cccc(N2CCCC2)c1. The van der Waals surface area contributed by atoms with Crippen LogP contribution in [0, 0.1) is 0 Å². The van der Waals surface area contributed by atoms with Crippen molar-refractivity contribution < 1.29 is 13.5 Å². The average Bonchev–Trinajstić information content (AvgIpc) is 3.30. The first-order valence-electron chi connectivity index (χ1n) is 10.4. The fourth-order valence-electron chi connectivity index (χ4n) is 3.54. The van der Waals surface area contributed by atoms with Crippen LogP contribution in [0.25, 0.3) is 0 Å². The third-order valence-electron chi connectivity index (χ3n) is 5.15. The van der Waals surface area contributed by atoms with Crippen LogP contribution in [-0.2, 0) is 6.54 Å². The van der Waals surface area contributed by atoms with E-state index in [2.05, 4.69) is 51.7 Å². The van der Waals surface area contributed by atoms with Crippen molar-refractivity contribution in [2.75, 3.05) is 31.6 Å². The van der Waals surface area contributed by atoms with Crippen molar-refractivity contribution in [3.63, 3.8) is 0 Å². The summed E-state index contributed by atoms with van der Waals surface area (Å²) < 4.78 is 29.8. The van der Waals surface area contributed by atoms with Gasteiger partial charge in [0.05, 0.1) is 6.04 Å². The summed E-state index contributed by atoms with van der Waals surface area (Å²) in [6.07, 6.45) is 0.0200. The topological polar surface area (TPSA) is 48.9 Å². The Morgan fingerprint density at radius 1 is 1.13 bits per heavy atom. The van der Waals surface area contributed by atoms with Crippen molar-refractivity contribution in [3.8, 4) is 5.75 Å². The molecule has 3 rings (SSSR count). The number of benzene rings is 2. The van der Waals surface area contributed by atoms with Crippen molar-refractivity contribution in [3.05, 3.63) is 59.7 Å². The van der Waals surface area contributed by atoms with E-state index < -0.39 is 13.0 Å². The minimum atomic E-state index is -2.49. The molecule has 2 N–H and O–H groups in total. The molecule has 0 saturated carbocycles. The van der Waals surface area contributed by atoms with Crippen molar-refractivity contribution in [2.24, 2.45) is 4.99 Å². The lowest BCUT2D eigenvalue weighted by atomic mass is 10.1. The second-order valence-corrected chi connectivity index (χ2v) is 7.43. The molecule has 1 unspecified atom stereocenters. The van der Waals surface area contributed by atoms with Gasteiger partial charge in [0.2, 0.25) is 0 Å². The highest BCUT2D eigenvalue weighted by Crippen LogP contribution is 2.24. The van der Waals surface area contributed by atoms with Gasteiger partial charge >= 0.3 is 0 Å². The first kappa shape index (κ1) is 21.9. The molecule has 0 bridgehead atoms. The Hall–Kier alpha value is -2.83. The number of nitrogens with one attached hydrogen (secondary N) is 2. The van der Waals surface area contributed by atoms with E-state index in [1.165, 1.54) is 24.1 Å². The molecule has 7 heteroatoms. The lowest BCUT2D eigenvalue weighted by Gasteiger charge is -2.22. The highest BCUT2D eigenvalue weighted by Gasteiger charge is 2.14. The number of ether oxygens (including phenoxy) is 1. The first-order valence-corrected chi connectivity index (χ1v) is 10.4. The monoisotopic (exact) mass is 416 g/mol. The average molecular weight is 417 g/mol. The van der Waals surface area contributed by atoms with Crippen LogP contribution < -0.4 is 20.3 Å². The molecule has 1 aliphatic rings. The number of anilines is 1. The zero-order valence-corrected chi connectivity index (χ0v) is 17.6. The first-order chi connectivity index (χ1) is 14.5. The van der Waals surface area contributed by atoms with Gasteiger partial charge in [0.25, 0.3) is 6.43 Å². The van der Waals surface area contributed by atoms with Gasteiger partial charge in [-0.2, -0.15) is 0 Å². The van der Waals surface area contributed by atoms with E-state index in [1.807, 2.05) is 6.07 Å². The van der Waals surface area contributed by atoms with Gasteiger partial charge in [0.15, 0.2) is 5.96 Å². The van der Waals surface area contributed by atoms with E-state index in [9.17, 15) is 8.78 Å². The molecule has 5 nitrogen and oxygen atoms in total. The largest absolute Gasteiger partial charge is 0.488 e. The summed E-state index contributed by atoms with van der Waals surface area (Å²) in [5.41, 5.74) is 3.39. The van der Waals surface area contributed by atoms with Gasteiger partial charge in [0.1, 0.15) is 12.4 Å². The standard InChI is InChI=1S/C23H30F2N4O/c1-17(19-8-6-9-20(14-19)29-11-3-4-12-29)28-23(26-2)27-15-18-7-5-10-21(13-18)30-16-22(24)25/h5-10,13-14,17,22H,3-4,11-12,15-16H2,1-2H3,(H2,26,27,28). The minimum Gasteiger partial charge on any atom is -0.488 e. The van der Waals surface area contributed by atoms with Crippen LogP contribution in [0.15, 0.2) is 53.5 Å². The normalized spacial score (nSPS) is 15.4. The summed E-state index contributed by atoms with van der Waals surface area (Å²) in [4.78, 5) is 6.73. The van der Waals surface area contributed by atoms with Gasteiger partial charge in [-0.05, 0) is 55.2 Å². The molecule has 1 atom stereocenters. The van der Waals surface area contributed by atoms with Crippen LogP contribution in [0.1, 0.15) is 36.9 Å². The molecule has 1 heterocycles. The molecule has 0 aliphatic carbocycles. The molecule has 1 aliphatic heterocycles. The number of guanidine groups is 1. The second-order valence-electron chi connectivity index (χ2n) is 7.43. The van der Waals surface area contributed by atoms with Gasteiger partial charge in [-0.1, -0.05) is 24.3 Å². The molecule has 0 amide bonds. The lowest BCUT2D eigenvalue weighted by molar-refractivity contribution is 0.0818. The summed E-state index contributed by atoms with van der Waals surface area (Å²) in [6, 6.07) is 15.8. The predicted molar refractivity (Wildman–Crippen MR) is 118 cm³/mol. The Kier molecular flexibility index (Phi) is 7.88. The van der Waals surface area contributed by atoms with Gasteiger partial charge in [-0.15, -0.1) is 0 Å². The van der Waals surface area contributed by atoms with Crippen molar-refractivity contribution in [1.82, 2.24) is 10.6 Å². The molecule has 1 saturated heterocycles. The summed E-state index contributed by atoms with van der Waals surface area (Å²) >= 11 is 0. The van der Waals surface area contributed by atoms with Crippen LogP contribution in [0.2, 0.25) is 0 Å². The molecule has 162 valence electrons. The number of rotatable bonds is 8. The number of hydrogen-bond acceptors (Lipinski definition) is 3. The van der Waals surface area contributed by atoms with E-state index >= 15 is 0 Å². The smallest absolute Gasteiger partial charge is 0.272 e. The number of hydrogen-bond donors (Lipinski definition) is 2. The quantitative estimate of drug-likeness (QED) is 0.496. The third-order valence-corrected chi connectivity index (χ3v) is 5.15. The number of alkyl halides is 2. The highest BCUT2D eigenvalue weighted by molar-refractivity contribution is 5.80. The molecular formula is C23H30F2N4O. The number of aliphatic imine (C=N–C) groups is 1. The summed E-state index contributed by atoms with van der Waals surface area (Å²) in [5.74, 6) is 1.11. The van der Waals surface area contributed by atoms with E-state index in [4.69, 9.17) is 4.74 Å². The summed E-state index contributed by atoms with van der Waals surface area (Å²) in [6.45, 7) is 4.25. The highest BCUT2D eigenvalue weighted by atomic mass is 19.3. The Balaban J connectivity index is 1.55. The molecule has 0 aromatic heterocycles. The van der Waals surface area contributed by atoms with Crippen molar-refractivity contribution >= 4 is 11.6 Å². The molecule has 0 spiro atoms. The van der Waals surface area contributed by atoms with Crippen molar-refractivity contribution in [2.45, 2.75) is 38.8 Å². The maximum atomic E-state index is 12.3. The van der Waals surface area contributed by atoms with Gasteiger partial charge < -0.3 is 20.3 Å². The van der Waals surface area contributed by atoms with E-state index in [0.717, 1.165) is 18.7 Å². The maximum absolute atomic E-state index is 12.3. The van der Waals surface area contributed by atoms with Gasteiger partial charge in [-0.3, -0.25) is 4.99 Å². The zero-order valence-electron chi connectivity index (χ0n) is 17.6. The Bertz CT molecular complexity index is 837. The summed E-state index contributed by atoms with van der Waals surface area (Å²) in [7, 11) is 1.73. The van der Waals surface area contributed by atoms with Gasteiger partial charge in [0, 0.05) is 32.4 Å². The molecule has 30 heavy (non-hydrogen) atoms. The van der Waals surface area contributed by atoms with Crippen LogP contribution in [0.5, 0.6) is 5.75 Å². The Labute approximate surface area is 177 Å². The Morgan fingerprint density at radius 3 is 2.63 bits per heavy atom. The van der Waals surface area contributed by atoms with Crippen LogP contribution in [0.4, 0.5) is 14.5 Å². The minimum absolute atomic E-state index is 0.0828. The van der Waals surface area contributed by atoms with E-state index in [1.54, 1.807) is 25.2 Å². The van der Waals surface area contributed by atoms with Crippen LogP contribution in [-0.4, -0.2) is 39.1 Å². The third kappa shape index (κ3) is 6.34. The zero-order chi connectivity index (χ0) is 21.3. The molecule has 2 aromatic carbocycles. The number of halogens is 2. The Morgan fingerprint density at radius 2 is 1.90 bits per heavy atom. The lowest BCUT2D eigenvalue weighted by Crippen LogP contribution is -2.38. The van der Waals surface area contributed by atoms with E-state index in [-0.39, 0.29) is 6.04 Å². The molecule has 0 radical (unpaired) electrons.